The molecule has 1 aliphatic rings. The lowest BCUT2D eigenvalue weighted by Gasteiger charge is -2.30. The molecule has 17 heavy (non-hydrogen) atoms. The minimum absolute atomic E-state index is 0.237. The lowest BCUT2D eigenvalue weighted by Crippen LogP contribution is -2.31. The highest BCUT2D eigenvalue weighted by Crippen LogP contribution is 2.35. The molecule has 1 fully saturated rings. The Kier molecular flexibility index (Phi) is 3.95. The predicted molar refractivity (Wildman–Crippen MR) is 71.6 cm³/mol. The van der Waals surface area contributed by atoms with Crippen molar-refractivity contribution in [3.8, 4) is 5.75 Å². The zero-order valence-electron chi connectivity index (χ0n) is 10.5. The van der Waals surface area contributed by atoms with Crippen LogP contribution in [0.5, 0.6) is 5.75 Å². The molecular formula is C14H20ClNO. The second-order valence-electron chi connectivity index (χ2n) is 4.82. The van der Waals surface area contributed by atoms with Crippen LogP contribution in [-0.2, 0) is 0 Å². The highest BCUT2D eigenvalue weighted by molar-refractivity contribution is 6.30. The van der Waals surface area contributed by atoms with Gasteiger partial charge in [0, 0.05) is 22.7 Å². The van der Waals surface area contributed by atoms with Crippen molar-refractivity contribution < 1.29 is 5.11 Å². The minimum Gasteiger partial charge on any atom is -0.508 e. The molecule has 0 saturated carbocycles. The molecule has 1 saturated heterocycles. The van der Waals surface area contributed by atoms with E-state index in [0.717, 1.165) is 12.1 Å². The van der Waals surface area contributed by atoms with Crippen LogP contribution >= 0.6 is 11.6 Å². The largest absolute Gasteiger partial charge is 0.508 e. The number of phenolic OH excluding ortho intramolecular Hbond substituents is 1. The first kappa shape index (κ1) is 12.7. The van der Waals surface area contributed by atoms with E-state index in [1.54, 1.807) is 12.1 Å². The summed E-state index contributed by atoms with van der Waals surface area (Å²) in [4.78, 5) is 2.48. The number of hydrogen-bond acceptors (Lipinski definition) is 2. The van der Waals surface area contributed by atoms with Crippen LogP contribution in [0.15, 0.2) is 18.2 Å². The second-order valence-corrected chi connectivity index (χ2v) is 5.26. The fourth-order valence-corrected chi connectivity index (χ4v) is 3.03. The van der Waals surface area contributed by atoms with Crippen molar-refractivity contribution in [1.82, 2.24) is 4.90 Å². The van der Waals surface area contributed by atoms with Gasteiger partial charge in [0.15, 0.2) is 0 Å². The SMILES string of the molecule is CCC1CCCN1C(C)c1cc(Cl)ccc1O. The van der Waals surface area contributed by atoms with E-state index in [0.29, 0.717) is 16.8 Å². The average Bonchev–Trinajstić information content (AvgIpc) is 2.79. The Labute approximate surface area is 108 Å². The van der Waals surface area contributed by atoms with Gasteiger partial charge in [-0.1, -0.05) is 18.5 Å². The van der Waals surface area contributed by atoms with E-state index >= 15 is 0 Å². The quantitative estimate of drug-likeness (QED) is 0.881. The number of nitrogens with zero attached hydrogens (tertiary/aromatic N) is 1. The molecule has 0 amide bonds. The maximum Gasteiger partial charge on any atom is 0.120 e. The molecule has 2 nitrogen and oxygen atoms in total. The van der Waals surface area contributed by atoms with E-state index in [4.69, 9.17) is 11.6 Å². The van der Waals surface area contributed by atoms with Crippen molar-refractivity contribution in [3.63, 3.8) is 0 Å². The fraction of sp³-hybridized carbons (Fsp3) is 0.571. The fourth-order valence-electron chi connectivity index (χ4n) is 2.85. The Morgan fingerprint density at radius 3 is 3.00 bits per heavy atom. The molecule has 2 atom stereocenters. The molecule has 0 aromatic heterocycles. The van der Waals surface area contributed by atoms with Crippen LogP contribution in [0.4, 0.5) is 0 Å². The third-order valence-corrected chi connectivity index (χ3v) is 4.07. The zero-order chi connectivity index (χ0) is 12.4. The van der Waals surface area contributed by atoms with Crippen LogP contribution in [0.25, 0.3) is 0 Å². The summed E-state index contributed by atoms with van der Waals surface area (Å²) in [5.41, 5.74) is 0.942. The summed E-state index contributed by atoms with van der Waals surface area (Å²) in [6, 6.07) is 6.18. The maximum atomic E-state index is 9.94. The summed E-state index contributed by atoms with van der Waals surface area (Å²) in [5.74, 6) is 0.351. The number of hydrogen-bond donors (Lipinski definition) is 1. The van der Waals surface area contributed by atoms with E-state index in [-0.39, 0.29) is 6.04 Å². The Bertz CT molecular complexity index is 394. The van der Waals surface area contributed by atoms with Gasteiger partial charge in [0.25, 0.3) is 0 Å². The molecule has 1 N–H and O–H groups in total. The number of phenols is 1. The molecule has 2 rings (SSSR count). The van der Waals surface area contributed by atoms with E-state index < -0.39 is 0 Å². The van der Waals surface area contributed by atoms with Gasteiger partial charge in [-0.05, 0) is 50.9 Å². The average molecular weight is 254 g/mol. The molecule has 0 radical (unpaired) electrons. The minimum atomic E-state index is 0.237. The first-order valence-corrected chi connectivity index (χ1v) is 6.75. The van der Waals surface area contributed by atoms with Crippen LogP contribution in [0.2, 0.25) is 5.02 Å². The first-order valence-electron chi connectivity index (χ1n) is 6.37. The van der Waals surface area contributed by atoms with Crippen molar-refractivity contribution >= 4 is 11.6 Å². The molecule has 3 heteroatoms. The lowest BCUT2D eigenvalue weighted by atomic mass is 10.0. The number of rotatable bonds is 3. The molecule has 1 aromatic rings. The summed E-state index contributed by atoms with van der Waals surface area (Å²) >= 11 is 6.01. The predicted octanol–water partition coefficient (Wildman–Crippen LogP) is 3.98. The normalized spacial score (nSPS) is 22.9. The second kappa shape index (κ2) is 5.28. The summed E-state index contributed by atoms with van der Waals surface area (Å²) in [5, 5.41) is 10.6. The van der Waals surface area contributed by atoms with Crippen molar-refractivity contribution in [3.05, 3.63) is 28.8 Å². The molecular weight excluding hydrogens is 234 g/mol. The van der Waals surface area contributed by atoms with E-state index in [1.807, 2.05) is 6.07 Å². The van der Waals surface area contributed by atoms with Gasteiger partial charge in [-0.25, -0.2) is 0 Å². The Hall–Kier alpha value is -0.730. The molecule has 1 aliphatic heterocycles. The van der Waals surface area contributed by atoms with Gasteiger partial charge >= 0.3 is 0 Å². The standard InChI is InChI=1S/C14H20ClNO/c1-3-12-5-4-8-16(12)10(2)13-9-11(15)6-7-14(13)17/h6-7,9-10,12,17H,3-5,8H2,1-2H3. The van der Waals surface area contributed by atoms with Crippen LogP contribution in [-0.4, -0.2) is 22.6 Å². The number of halogens is 1. The van der Waals surface area contributed by atoms with Crippen molar-refractivity contribution in [1.29, 1.82) is 0 Å². The topological polar surface area (TPSA) is 23.5 Å². The van der Waals surface area contributed by atoms with Gasteiger partial charge < -0.3 is 5.11 Å². The third kappa shape index (κ3) is 2.58. The van der Waals surface area contributed by atoms with Gasteiger partial charge in [0.2, 0.25) is 0 Å². The van der Waals surface area contributed by atoms with Gasteiger partial charge in [-0.3, -0.25) is 4.90 Å². The van der Waals surface area contributed by atoms with Crippen LogP contribution in [0, 0.1) is 0 Å². The third-order valence-electron chi connectivity index (χ3n) is 3.83. The monoisotopic (exact) mass is 253 g/mol. The molecule has 1 heterocycles. The Morgan fingerprint density at radius 2 is 2.29 bits per heavy atom. The molecule has 0 spiro atoms. The lowest BCUT2D eigenvalue weighted by molar-refractivity contribution is 0.186. The Balaban J connectivity index is 2.24. The summed E-state index contributed by atoms with van der Waals surface area (Å²) in [7, 11) is 0. The Morgan fingerprint density at radius 1 is 1.53 bits per heavy atom. The van der Waals surface area contributed by atoms with Crippen molar-refractivity contribution in [2.24, 2.45) is 0 Å². The van der Waals surface area contributed by atoms with Crippen LogP contribution in [0.3, 0.4) is 0 Å². The van der Waals surface area contributed by atoms with E-state index in [2.05, 4.69) is 18.7 Å². The summed E-state index contributed by atoms with van der Waals surface area (Å²) in [6.45, 7) is 5.50. The van der Waals surface area contributed by atoms with Gasteiger partial charge in [-0.2, -0.15) is 0 Å². The van der Waals surface area contributed by atoms with Crippen molar-refractivity contribution in [2.75, 3.05) is 6.54 Å². The van der Waals surface area contributed by atoms with E-state index in [9.17, 15) is 5.11 Å². The number of likely N-dealkylation sites (tertiary alicyclic amines) is 1. The maximum absolute atomic E-state index is 9.94. The van der Waals surface area contributed by atoms with Crippen LogP contribution < -0.4 is 0 Å². The summed E-state index contributed by atoms with van der Waals surface area (Å²) in [6.07, 6.45) is 3.69. The zero-order valence-corrected chi connectivity index (χ0v) is 11.2. The number of benzene rings is 1. The van der Waals surface area contributed by atoms with Crippen LogP contribution in [0.1, 0.15) is 44.7 Å². The highest BCUT2D eigenvalue weighted by Gasteiger charge is 2.28. The molecule has 0 bridgehead atoms. The van der Waals surface area contributed by atoms with Gasteiger partial charge in [-0.15, -0.1) is 0 Å². The highest BCUT2D eigenvalue weighted by atomic mass is 35.5. The van der Waals surface area contributed by atoms with Gasteiger partial charge in [0.05, 0.1) is 0 Å². The smallest absolute Gasteiger partial charge is 0.120 e. The summed E-state index contributed by atoms with van der Waals surface area (Å²) < 4.78 is 0. The molecule has 1 aromatic carbocycles. The van der Waals surface area contributed by atoms with E-state index in [1.165, 1.54) is 19.3 Å². The number of aromatic hydroxyl groups is 1. The molecule has 2 unspecified atom stereocenters. The molecule has 0 aliphatic carbocycles. The van der Waals surface area contributed by atoms with Crippen molar-refractivity contribution in [2.45, 2.75) is 45.2 Å². The van der Waals surface area contributed by atoms with Gasteiger partial charge in [0.1, 0.15) is 5.75 Å². The first-order chi connectivity index (χ1) is 8.13. The molecule has 94 valence electrons.